The quantitative estimate of drug-likeness (QED) is 0.477. The maximum Gasteiger partial charge on any atom is 0.358 e. The number of sulfonamides is 1. The van der Waals surface area contributed by atoms with Crippen LogP contribution in [0.1, 0.15) is 5.56 Å². The molecule has 0 saturated carbocycles. The lowest BCUT2D eigenvalue weighted by Gasteiger charge is -2.32. The van der Waals surface area contributed by atoms with Gasteiger partial charge in [-0.2, -0.15) is 0 Å². The number of methoxy groups -OCH3 is 1. The summed E-state index contributed by atoms with van der Waals surface area (Å²) in [6.07, 6.45) is 0. The lowest BCUT2D eigenvalue weighted by molar-refractivity contribution is -0.132. The molecule has 0 radical (unpaired) electrons. The zero-order valence-electron chi connectivity index (χ0n) is 19.0. The summed E-state index contributed by atoms with van der Waals surface area (Å²) < 4.78 is 69.1. The molecule has 0 aromatic heterocycles. The highest BCUT2D eigenvalue weighted by molar-refractivity contribution is 8.01. The number of carboxylic acids is 1. The Kier molecular flexibility index (Phi) is 5.36. The van der Waals surface area contributed by atoms with Crippen molar-refractivity contribution in [3.63, 3.8) is 0 Å². The van der Waals surface area contributed by atoms with Crippen LogP contribution < -0.4 is 28.0 Å². The molecule has 1 atom stereocenters. The predicted molar refractivity (Wildman–Crippen MR) is 129 cm³/mol. The van der Waals surface area contributed by atoms with Crippen LogP contribution in [0.3, 0.4) is 0 Å². The minimum absolute atomic E-state index is 0.00669. The Morgan fingerprint density at radius 1 is 0.946 bits per heavy atom. The highest BCUT2D eigenvalue weighted by Gasteiger charge is 2.47. The Morgan fingerprint density at radius 3 is 2.27 bits per heavy atom. The minimum atomic E-state index is -4.50. The number of benzene rings is 3. The van der Waals surface area contributed by atoms with Crippen molar-refractivity contribution < 1.29 is 46.6 Å². The van der Waals surface area contributed by atoms with Gasteiger partial charge in [-0.05, 0) is 36.4 Å². The molecule has 3 heterocycles. The lowest BCUT2D eigenvalue weighted by atomic mass is 10.1. The zero-order chi connectivity index (χ0) is 25.9. The van der Waals surface area contributed by atoms with Gasteiger partial charge in [-0.25, -0.2) is 17.5 Å². The molecule has 0 aliphatic carbocycles. The van der Waals surface area contributed by atoms with Gasteiger partial charge in [0.15, 0.2) is 38.5 Å². The second-order valence-electron chi connectivity index (χ2n) is 7.94. The van der Waals surface area contributed by atoms with Gasteiger partial charge in [-0.3, -0.25) is 0 Å². The van der Waals surface area contributed by atoms with Gasteiger partial charge in [0.1, 0.15) is 10.6 Å². The number of nitrogens with zero attached hydrogens (tertiary/aromatic N) is 1. The van der Waals surface area contributed by atoms with Gasteiger partial charge in [0, 0.05) is 29.4 Å². The van der Waals surface area contributed by atoms with E-state index in [-0.39, 0.29) is 51.0 Å². The van der Waals surface area contributed by atoms with E-state index in [1.54, 1.807) is 6.07 Å². The number of fused-ring (bicyclic) bond motifs is 3. The molecule has 3 aliphatic rings. The van der Waals surface area contributed by atoms with E-state index in [2.05, 4.69) is 0 Å². The van der Waals surface area contributed by atoms with Crippen molar-refractivity contribution in [2.75, 3.05) is 25.0 Å². The van der Waals surface area contributed by atoms with Gasteiger partial charge in [0.25, 0.3) is 10.0 Å². The van der Waals surface area contributed by atoms with Gasteiger partial charge in [0.05, 0.1) is 18.4 Å². The van der Waals surface area contributed by atoms with E-state index in [1.807, 2.05) is 0 Å². The maximum atomic E-state index is 14.0. The third-order valence-corrected chi connectivity index (χ3v) is 9.14. The summed E-state index contributed by atoms with van der Waals surface area (Å²) in [5.41, 5.74) is -0.742. The zero-order valence-corrected chi connectivity index (χ0v) is 20.6. The summed E-state index contributed by atoms with van der Waals surface area (Å²) >= 11 is -2.15. The van der Waals surface area contributed by atoms with Crippen molar-refractivity contribution in [3.8, 4) is 28.7 Å². The number of aliphatic carboxylic acids is 1. The average Bonchev–Trinajstić information content (AvgIpc) is 3.56. The first-order valence-electron chi connectivity index (χ1n) is 10.7. The molecule has 0 amide bonds. The first-order valence-corrected chi connectivity index (χ1v) is 13.3. The Labute approximate surface area is 213 Å². The summed E-state index contributed by atoms with van der Waals surface area (Å²) in [6.45, 7) is -0.0696. The first-order chi connectivity index (χ1) is 17.8. The lowest BCUT2D eigenvalue weighted by Crippen LogP contribution is -2.39. The normalized spacial score (nSPS) is 17.4. The van der Waals surface area contributed by atoms with Crippen molar-refractivity contribution in [1.29, 1.82) is 0 Å². The predicted octanol–water partition coefficient (Wildman–Crippen LogP) is 2.92. The topological polar surface area (TPSA) is 144 Å². The Morgan fingerprint density at radius 2 is 1.59 bits per heavy atom. The van der Waals surface area contributed by atoms with Crippen LogP contribution in [-0.2, 0) is 26.0 Å². The highest BCUT2D eigenvalue weighted by atomic mass is 32.2. The number of anilines is 1. The number of rotatable bonds is 5. The van der Waals surface area contributed by atoms with Crippen molar-refractivity contribution >= 4 is 37.8 Å². The minimum Gasteiger partial charge on any atom is -0.606 e. The van der Waals surface area contributed by atoms with Crippen molar-refractivity contribution in [1.82, 2.24) is 0 Å². The van der Waals surface area contributed by atoms with Crippen molar-refractivity contribution in [2.24, 2.45) is 0 Å². The molecule has 11 nitrogen and oxygen atoms in total. The molecule has 6 rings (SSSR count). The van der Waals surface area contributed by atoms with E-state index >= 15 is 0 Å². The van der Waals surface area contributed by atoms with Crippen LogP contribution >= 0.6 is 0 Å². The van der Waals surface area contributed by atoms with Crippen LogP contribution in [-0.4, -0.2) is 44.7 Å². The Hall–Kier alpha value is -4.07. The molecular formula is C24H17NO10S2. The van der Waals surface area contributed by atoms with Crippen LogP contribution in [0.2, 0.25) is 0 Å². The van der Waals surface area contributed by atoms with E-state index in [0.717, 1.165) is 0 Å². The second kappa shape index (κ2) is 8.50. The van der Waals surface area contributed by atoms with Crippen LogP contribution in [0, 0.1) is 0 Å². The van der Waals surface area contributed by atoms with E-state index in [9.17, 15) is 22.9 Å². The third kappa shape index (κ3) is 3.62. The monoisotopic (exact) mass is 543 g/mol. The van der Waals surface area contributed by atoms with Gasteiger partial charge in [-0.15, -0.1) is 0 Å². The number of ether oxygens (including phenoxy) is 5. The molecule has 13 heteroatoms. The molecule has 1 N–H and O–H groups in total. The van der Waals surface area contributed by atoms with E-state index in [4.69, 9.17) is 23.7 Å². The summed E-state index contributed by atoms with van der Waals surface area (Å²) in [5.74, 6) is 0.0465. The summed E-state index contributed by atoms with van der Waals surface area (Å²) in [4.78, 5) is 12.4. The van der Waals surface area contributed by atoms with Gasteiger partial charge >= 0.3 is 5.97 Å². The van der Waals surface area contributed by atoms with Crippen LogP contribution in [0.15, 0.2) is 70.1 Å². The fourth-order valence-corrected chi connectivity index (χ4v) is 7.44. The average molecular weight is 544 g/mol. The molecular weight excluding hydrogens is 526 g/mol. The Balaban J connectivity index is 1.62. The number of hydrogen-bond donors (Lipinski definition) is 1. The van der Waals surface area contributed by atoms with E-state index in [1.165, 1.54) is 55.6 Å². The standard InChI is InChI=1S/C24H17NO10S2/c1-31-14-3-5-16-21(9-14)37(29,30)25(13-2-6-17-19(8-13)34-11-32-17)22(24(26)27)23(16)36(28)15-4-7-18-20(10-15)35-12-33-18/h2-10H,11-12H2,1H3,(H,26,27). The molecule has 190 valence electrons. The number of carbonyl (C=O) groups is 1. The SMILES string of the molecule is COc1ccc2c(c1)S(=O)(=O)N(c1ccc3c(c1)OCO3)C(C(=O)O)=C2[S+]([O-])c1ccc2c(c1)OCO2. The molecule has 0 bridgehead atoms. The molecule has 0 saturated heterocycles. The second-order valence-corrected chi connectivity index (χ2v) is 11.1. The smallest absolute Gasteiger partial charge is 0.358 e. The molecule has 3 aromatic rings. The molecule has 3 aromatic carbocycles. The van der Waals surface area contributed by atoms with Crippen molar-refractivity contribution in [2.45, 2.75) is 9.79 Å². The number of carboxylic acid groups (broad SMARTS) is 1. The van der Waals surface area contributed by atoms with E-state index in [0.29, 0.717) is 21.6 Å². The van der Waals surface area contributed by atoms with Gasteiger partial charge in [-0.1, -0.05) is 0 Å². The van der Waals surface area contributed by atoms with Gasteiger partial charge in [0.2, 0.25) is 13.6 Å². The van der Waals surface area contributed by atoms with Crippen molar-refractivity contribution in [3.05, 3.63) is 65.9 Å². The summed E-state index contributed by atoms with van der Waals surface area (Å²) in [6, 6.07) is 12.9. The van der Waals surface area contributed by atoms with Crippen LogP contribution in [0.4, 0.5) is 5.69 Å². The summed E-state index contributed by atoms with van der Waals surface area (Å²) in [7, 11) is -3.13. The van der Waals surface area contributed by atoms with Gasteiger partial charge < -0.3 is 33.3 Å². The molecule has 1 unspecified atom stereocenters. The molecule has 0 spiro atoms. The fraction of sp³-hybridized carbons (Fsp3) is 0.125. The number of hydrogen-bond acceptors (Lipinski definition) is 9. The molecule has 3 aliphatic heterocycles. The molecule has 0 fully saturated rings. The largest absolute Gasteiger partial charge is 0.606 e. The first kappa shape index (κ1) is 23.3. The molecule has 37 heavy (non-hydrogen) atoms. The fourth-order valence-electron chi connectivity index (χ4n) is 4.23. The van der Waals surface area contributed by atoms with Crippen LogP contribution in [0.5, 0.6) is 28.7 Å². The summed E-state index contributed by atoms with van der Waals surface area (Å²) in [5, 5.41) is 10.3. The Bertz CT molecular complexity index is 1600. The maximum absolute atomic E-state index is 14.0. The third-order valence-electron chi connectivity index (χ3n) is 5.91. The van der Waals surface area contributed by atoms with E-state index < -0.39 is 32.9 Å². The van der Waals surface area contributed by atoms with Crippen LogP contribution in [0.25, 0.3) is 4.91 Å². The highest BCUT2D eigenvalue weighted by Crippen LogP contribution is 2.47.